The first kappa shape index (κ1) is 39.6. The van der Waals surface area contributed by atoms with Crippen molar-refractivity contribution in [2.45, 2.75) is 128 Å². The van der Waals surface area contributed by atoms with Crippen molar-refractivity contribution in [1.82, 2.24) is 10.3 Å². The number of amides is 1. The number of carbonyl (C=O) groups excluding carboxylic acids is 1. The zero-order valence-electron chi connectivity index (χ0n) is 27.1. The summed E-state index contributed by atoms with van der Waals surface area (Å²) in [7, 11) is -4.22. The zero-order chi connectivity index (χ0) is 33.7. The molecule has 12 heteroatoms. The number of pyridine rings is 1. The molecule has 1 atom stereocenters. The quantitative estimate of drug-likeness (QED) is 0.0714. The predicted octanol–water partition coefficient (Wildman–Crippen LogP) is 8.68. The number of hydrogen-bond acceptors (Lipinski definition) is 5. The maximum absolute atomic E-state index is 12.7. The number of nitrogens with one attached hydrogen (secondary N) is 1. The number of ether oxygens (including phenoxy) is 2. The van der Waals surface area contributed by atoms with Crippen LogP contribution in [0.3, 0.4) is 0 Å². The lowest BCUT2D eigenvalue weighted by Crippen LogP contribution is -2.37. The van der Waals surface area contributed by atoms with Crippen molar-refractivity contribution in [1.29, 1.82) is 0 Å². The molecule has 260 valence electrons. The molecule has 46 heavy (non-hydrogen) atoms. The van der Waals surface area contributed by atoms with E-state index in [1.165, 1.54) is 82.5 Å². The summed E-state index contributed by atoms with van der Waals surface area (Å²) in [5, 5.41) is 2.96. The van der Waals surface area contributed by atoms with Crippen LogP contribution < -0.4 is 14.8 Å². The molecule has 0 saturated heterocycles. The average Bonchev–Trinajstić information content (AvgIpc) is 3.00. The Morgan fingerprint density at radius 1 is 0.870 bits per heavy atom. The number of hydrogen-bond donors (Lipinski definition) is 3. The smallest absolute Gasteiger partial charge is 0.422 e. The Hall–Kier alpha value is -2.62. The topological polar surface area (TPSA) is 118 Å². The molecule has 0 aliphatic carbocycles. The van der Waals surface area contributed by atoms with E-state index in [2.05, 4.69) is 17.2 Å². The van der Waals surface area contributed by atoms with E-state index in [0.29, 0.717) is 24.3 Å². The van der Waals surface area contributed by atoms with Crippen LogP contribution in [0.4, 0.5) is 13.2 Å². The Morgan fingerprint density at radius 3 is 2.02 bits per heavy atom. The number of halogens is 3. The molecule has 3 N–H and O–H groups in total. The van der Waals surface area contributed by atoms with Crippen molar-refractivity contribution in [2.24, 2.45) is 0 Å². The number of alkyl halides is 3. The number of carbonyl (C=O) groups is 1. The predicted molar refractivity (Wildman–Crippen MR) is 174 cm³/mol. The summed E-state index contributed by atoms with van der Waals surface area (Å²) in [5.41, 5.74) is 1.25. The molecule has 2 aromatic rings. The number of unbranched alkanes of at least 4 members (excludes halogenated alkanes) is 12. The van der Waals surface area contributed by atoms with Gasteiger partial charge < -0.3 is 24.6 Å². The summed E-state index contributed by atoms with van der Waals surface area (Å²) in [4.78, 5) is 35.5. The van der Waals surface area contributed by atoms with Gasteiger partial charge in [0, 0.05) is 24.7 Å². The molecule has 0 aliphatic rings. The summed E-state index contributed by atoms with van der Waals surface area (Å²) in [5.74, 6) is 0.428. The van der Waals surface area contributed by atoms with Crippen molar-refractivity contribution in [3.63, 3.8) is 0 Å². The van der Waals surface area contributed by atoms with Crippen LogP contribution in [0.1, 0.15) is 114 Å². The molecule has 1 aromatic heterocycles. The molecule has 0 saturated carbocycles. The minimum Gasteiger partial charge on any atom is -0.487 e. The van der Waals surface area contributed by atoms with Gasteiger partial charge in [0.1, 0.15) is 18.1 Å². The lowest BCUT2D eigenvalue weighted by atomic mass is 10.0. The molecule has 0 fully saturated rings. The maximum atomic E-state index is 12.7. The highest BCUT2D eigenvalue weighted by molar-refractivity contribution is 7.51. The Labute approximate surface area is 272 Å². The van der Waals surface area contributed by atoms with Crippen LogP contribution in [0.5, 0.6) is 11.5 Å². The van der Waals surface area contributed by atoms with E-state index in [-0.39, 0.29) is 30.8 Å². The summed E-state index contributed by atoms with van der Waals surface area (Å²) in [6.45, 7) is 0.857. The fourth-order valence-corrected chi connectivity index (χ4v) is 5.75. The molecule has 2 rings (SSSR count). The van der Waals surface area contributed by atoms with Gasteiger partial charge in [-0.3, -0.25) is 14.3 Å². The zero-order valence-corrected chi connectivity index (χ0v) is 28.0. The highest BCUT2D eigenvalue weighted by Crippen LogP contribution is 2.35. The van der Waals surface area contributed by atoms with Gasteiger partial charge in [-0.05, 0) is 43.0 Å². The highest BCUT2D eigenvalue weighted by atomic mass is 31.2. The SMILES string of the molecule is CCCCCCCCCCCCCCCC(=O)NC(CCP(=O)(O)O)Cc1ccc(OCc2cc(OCC(F)(F)F)ccn2)cc1. The second-order valence-corrected chi connectivity index (χ2v) is 13.7. The second kappa shape index (κ2) is 22.0. The second-order valence-electron chi connectivity index (χ2n) is 12.0. The average molecular weight is 673 g/mol. The van der Waals surface area contributed by atoms with Crippen LogP contribution in [0.2, 0.25) is 0 Å². The first-order chi connectivity index (χ1) is 21.9. The Balaban J connectivity index is 1.73. The first-order valence-electron chi connectivity index (χ1n) is 16.6. The summed E-state index contributed by atoms with van der Waals surface area (Å²) in [6.07, 6.45) is 13.4. The van der Waals surface area contributed by atoms with Crippen LogP contribution in [0, 0.1) is 0 Å². The Morgan fingerprint density at radius 2 is 1.46 bits per heavy atom. The normalized spacial score (nSPS) is 12.6. The van der Waals surface area contributed by atoms with E-state index < -0.39 is 26.4 Å². The molecule has 1 heterocycles. The van der Waals surface area contributed by atoms with E-state index in [4.69, 9.17) is 9.47 Å². The molecule has 1 aromatic carbocycles. The third-order valence-electron chi connectivity index (χ3n) is 7.62. The standard InChI is InChI=1S/C34H52F3N2O6P/c1-2-3-4-5-6-7-8-9-10-11-12-13-14-15-33(40)39-29(21-23-46(41,42)43)24-28-16-18-31(19-17-28)44-26-30-25-32(20-22-38-30)45-27-34(35,36)37/h16-20,22,25,29H,2-15,21,23-24,26-27H2,1H3,(H,39,40)(H2,41,42,43). The largest absolute Gasteiger partial charge is 0.487 e. The number of aromatic nitrogens is 1. The van der Waals surface area contributed by atoms with E-state index in [0.717, 1.165) is 24.8 Å². The van der Waals surface area contributed by atoms with Crippen LogP contribution in [-0.2, 0) is 22.4 Å². The summed E-state index contributed by atoms with van der Waals surface area (Å²) < 4.78 is 59.2. The van der Waals surface area contributed by atoms with Gasteiger partial charge in [0.05, 0.1) is 11.9 Å². The van der Waals surface area contributed by atoms with Gasteiger partial charge in [-0.1, -0.05) is 96.1 Å². The van der Waals surface area contributed by atoms with Gasteiger partial charge >= 0.3 is 13.8 Å². The fourth-order valence-electron chi connectivity index (χ4n) is 5.11. The van der Waals surface area contributed by atoms with Crippen LogP contribution in [0.25, 0.3) is 0 Å². The van der Waals surface area contributed by atoms with Crippen molar-refractivity contribution in [3.05, 3.63) is 53.9 Å². The van der Waals surface area contributed by atoms with Crippen molar-refractivity contribution >= 4 is 13.5 Å². The van der Waals surface area contributed by atoms with Crippen molar-refractivity contribution in [2.75, 3.05) is 12.8 Å². The van der Waals surface area contributed by atoms with E-state index in [1.54, 1.807) is 24.3 Å². The Bertz CT molecular complexity index is 1160. The van der Waals surface area contributed by atoms with Crippen LogP contribution in [0.15, 0.2) is 42.6 Å². The van der Waals surface area contributed by atoms with Gasteiger partial charge in [0.2, 0.25) is 5.91 Å². The van der Waals surface area contributed by atoms with Crippen LogP contribution in [-0.4, -0.2) is 45.7 Å². The molecule has 0 radical (unpaired) electrons. The Kier molecular flexibility index (Phi) is 19.0. The van der Waals surface area contributed by atoms with E-state index in [9.17, 15) is 32.3 Å². The third-order valence-corrected chi connectivity index (χ3v) is 8.46. The first-order valence-corrected chi connectivity index (χ1v) is 18.4. The summed E-state index contributed by atoms with van der Waals surface area (Å²) in [6, 6.07) is 9.32. The monoisotopic (exact) mass is 672 g/mol. The molecule has 0 aliphatic heterocycles. The van der Waals surface area contributed by atoms with Gasteiger partial charge in [0.15, 0.2) is 6.61 Å². The lowest BCUT2D eigenvalue weighted by Gasteiger charge is -2.20. The van der Waals surface area contributed by atoms with Gasteiger partial charge in [-0.2, -0.15) is 13.2 Å². The molecular formula is C34H52F3N2O6P. The molecule has 0 bridgehead atoms. The number of benzene rings is 1. The van der Waals surface area contributed by atoms with Gasteiger partial charge in [0.25, 0.3) is 0 Å². The van der Waals surface area contributed by atoms with E-state index >= 15 is 0 Å². The molecule has 0 spiro atoms. The van der Waals surface area contributed by atoms with Gasteiger partial charge in [-0.25, -0.2) is 0 Å². The number of rotatable bonds is 25. The van der Waals surface area contributed by atoms with Crippen molar-refractivity contribution < 1.29 is 41.8 Å². The fraction of sp³-hybridized carbons (Fsp3) is 0.647. The van der Waals surface area contributed by atoms with Gasteiger partial charge in [-0.15, -0.1) is 0 Å². The molecule has 1 unspecified atom stereocenters. The molecule has 8 nitrogen and oxygen atoms in total. The highest BCUT2D eigenvalue weighted by Gasteiger charge is 2.28. The molecular weight excluding hydrogens is 620 g/mol. The van der Waals surface area contributed by atoms with Crippen LogP contribution >= 0.6 is 7.60 Å². The maximum Gasteiger partial charge on any atom is 0.422 e. The molecule has 1 amide bonds. The minimum atomic E-state index is -4.44. The third kappa shape index (κ3) is 20.5. The van der Waals surface area contributed by atoms with E-state index in [1.807, 2.05) is 0 Å². The number of nitrogens with zero attached hydrogens (tertiary/aromatic N) is 1. The van der Waals surface area contributed by atoms with Crippen molar-refractivity contribution in [3.8, 4) is 11.5 Å². The minimum absolute atomic E-state index is 0.0166. The lowest BCUT2D eigenvalue weighted by molar-refractivity contribution is -0.153. The summed E-state index contributed by atoms with van der Waals surface area (Å²) >= 11 is 0.